The highest BCUT2D eigenvalue weighted by Crippen LogP contribution is 2.32. The molecule has 1 amide bonds. The van der Waals surface area contributed by atoms with Crippen molar-refractivity contribution < 1.29 is 9.18 Å². The number of carbonyl (C=O) groups excluding carboxylic acids is 1. The summed E-state index contributed by atoms with van der Waals surface area (Å²) in [7, 11) is 0. The molecule has 1 saturated heterocycles. The Labute approximate surface area is 144 Å². The number of rotatable bonds is 3. The Morgan fingerprint density at radius 2 is 2.00 bits per heavy atom. The van der Waals surface area contributed by atoms with Gasteiger partial charge in [-0.2, -0.15) is 5.10 Å². The number of amides is 1. The molecule has 25 heavy (non-hydrogen) atoms. The van der Waals surface area contributed by atoms with Crippen LogP contribution in [0.5, 0.6) is 0 Å². The Hall–Kier alpha value is -3.02. The lowest BCUT2D eigenvalue weighted by atomic mass is 10.1. The fraction of sp³-hybridized carbons (Fsp3) is 0.211. The summed E-state index contributed by atoms with van der Waals surface area (Å²) in [6, 6.07) is 15.3. The van der Waals surface area contributed by atoms with Gasteiger partial charge in [0.05, 0.1) is 6.04 Å². The molecule has 1 aliphatic heterocycles. The largest absolute Gasteiger partial charge is 0.328 e. The van der Waals surface area contributed by atoms with Gasteiger partial charge in [0.15, 0.2) is 5.82 Å². The summed E-state index contributed by atoms with van der Waals surface area (Å²) in [5.74, 6) is 0.689. The molecule has 2 aromatic carbocycles. The number of aromatic amines is 1. The van der Waals surface area contributed by atoms with Crippen molar-refractivity contribution in [3.8, 4) is 11.4 Å². The molecule has 1 aromatic heterocycles. The molecule has 0 saturated carbocycles. The van der Waals surface area contributed by atoms with Gasteiger partial charge in [-0.1, -0.05) is 36.4 Å². The highest BCUT2D eigenvalue weighted by Gasteiger charge is 2.33. The summed E-state index contributed by atoms with van der Waals surface area (Å²) < 4.78 is 13.4. The quantitative estimate of drug-likeness (QED) is 0.795. The Kier molecular flexibility index (Phi) is 4.01. The SMILES string of the molecule is O=C(c1cccc(F)c1)N1CCCC1c1nc(-c2ccccc2)n[nH]1. The minimum Gasteiger partial charge on any atom is -0.328 e. The van der Waals surface area contributed by atoms with Crippen LogP contribution >= 0.6 is 0 Å². The van der Waals surface area contributed by atoms with Crippen LogP contribution in [-0.2, 0) is 0 Å². The van der Waals surface area contributed by atoms with Gasteiger partial charge >= 0.3 is 0 Å². The van der Waals surface area contributed by atoms with E-state index in [2.05, 4.69) is 15.2 Å². The molecule has 2 heterocycles. The number of nitrogens with zero attached hydrogens (tertiary/aromatic N) is 3. The second-order valence-electron chi connectivity index (χ2n) is 6.08. The van der Waals surface area contributed by atoms with Crippen LogP contribution in [0.1, 0.15) is 35.1 Å². The first-order chi connectivity index (χ1) is 12.2. The number of aromatic nitrogens is 3. The summed E-state index contributed by atoms with van der Waals surface area (Å²) in [6.45, 7) is 0.626. The van der Waals surface area contributed by atoms with E-state index in [1.54, 1.807) is 17.0 Å². The molecule has 6 heteroatoms. The van der Waals surface area contributed by atoms with Crippen LogP contribution < -0.4 is 0 Å². The Balaban J connectivity index is 1.60. The standard InChI is InChI=1S/C19H17FN4O/c20-15-9-4-8-14(12-15)19(25)24-11-5-10-16(24)18-21-17(22-23-18)13-6-2-1-3-7-13/h1-4,6-9,12,16H,5,10-11H2,(H,21,22,23). The van der Waals surface area contributed by atoms with E-state index in [0.29, 0.717) is 23.8 Å². The van der Waals surface area contributed by atoms with E-state index in [1.165, 1.54) is 12.1 Å². The average molecular weight is 336 g/mol. The first kappa shape index (κ1) is 15.5. The Morgan fingerprint density at radius 1 is 1.16 bits per heavy atom. The van der Waals surface area contributed by atoms with Crippen LogP contribution in [0.4, 0.5) is 4.39 Å². The molecule has 0 aliphatic carbocycles. The molecule has 4 rings (SSSR count). The summed E-state index contributed by atoms with van der Waals surface area (Å²) >= 11 is 0. The lowest BCUT2D eigenvalue weighted by Gasteiger charge is -2.23. The fourth-order valence-electron chi connectivity index (χ4n) is 3.22. The summed E-state index contributed by atoms with van der Waals surface area (Å²) in [5, 5.41) is 7.24. The summed E-state index contributed by atoms with van der Waals surface area (Å²) in [6.07, 6.45) is 1.69. The van der Waals surface area contributed by atoms with E-state index >= 15 is 0 Å². The summed E-state index contributed by atoms with van der Waals surface area (Å²) in [5.41, 5.74) is 1.28. The molecule has 0 spiro atoms. The third kappa shape index (κ3) is 3.03. The van der Waals surface area contributed by atoms with Crippen LogP contribution in [0, 0.1) is 5.82 Å². The van der Waals surface area contributed by atoms with Gasteiger partial charge < -0.3 is 4.90 Å². The smallest absolute Gasteiger partial charge is 0.254 e. The first-order valence-corrected chi connectivity index (χ1v) is 8.26. The van der Waals surface area contributed by atoms with Gasteiger partial charge in [-0.3, -0.25) is 9.89 Å². The number of benzene rings is 2. The van der Waals surface area contributed by atoms with Crippen molar-refractivity contribution in [2.45, 2.75) is 18.9 Å². The summed E-state index contributed by atoms with van der Waals surface area (Å²) in [4.78, 5) is 19.1. The van der Waals surface area contributed by atoms with Gasteiger partial charge in [-0.05, 0) is 31.0 Å². The van der Waals surface area contributed by atoms with Crippen molar-refractivity contribution in [2.24, 2.45) is 0 Å². The molecule has 0 bridgehead atoms. The normalized spacial score (nSPS) is 17.0. The lowest BCUT2D eigenvalue weighted by molar-refractivity contribution is 0.0729. The number of nitrogens with one attached hydrogen (secondary N) is 1. The fourth-order valence-corrected chi connectivity index (χ4v) is 3.22. The van der Waals surface area contributed by atoms with E-state index < -0.39 is 5.82 Å². The van der Waals surface area contributed by atoms with Crippen molar-refractivity contribution in [1.29, 1.82) is 0 Å². The topological polar surface area (TPSA) is 61.9 Å². The van der Waals surface area contributed by atoms with Gasteiger partial charge in [0.2, 0.25) is 0 Å². The molecule has 126 valence electrons. The molecule has 0 radical (unpaired) electrons. The highest BCUT2D eigenvalue weighted by atomic mass is 19.1. The predicted molar refractivity (Wildman–Crippen MR) is 91.2 cm³/mol. The van der Waals surface area contributed by atoms with E-state index in [1.807, 2.05) is 30.3 Å². The second-order valence-corrected chi connectivity index (χ2v) is 6.08. The minimum atomic E-state index is -0.410. The zero-order valence-corrected chi connectivity index (χ0v) is 13.5. The Bertz CT molecular complexity index is 893. The molecule has 5 nitrogen and oxygen atoms in total. The predicted octanol–water partition coefficient (Wildman–Crippen LogP) is 3.59. The molecule has 3 aromatic rings. The number of likely N-dealkylation sites (tertiary alicyclic amines) is 1. The monoisotopic (exact) mass is 336 g/mol. The number of hydrogen-bond donors (Lipinski definition) is 1. The van der Waals surface area contributed by atoms with Crippen molar-refractivity contribution >= 4 is 5.91 Å². The minimum absolute atomic E-state index is 0.166. The zero-order valence-electron chi connectivity index (χ0n) is 13.5. The van der Waals surface area contributed by atoms with Crippen LogP contribution in [0.3, 0.4) is 0 Å². The van der Waals surface area contributed by atoms with Crippen molar-refractivity contribution in [3.63, 3.8) is 0 Å². The van der Waals surface area contributed by atoms with Gasteiger partial charge in [0.1, 0.15) is 11.6 Å². The maximum Gasteiger partial charge on any atom is 0.254 e. The van der Waals surface area contributed by atoms with Crippen LogP contribution in [0.25, 0.3) is 11.4 Å². The molecular weight excluding hydrogens is 319 g/mol. The molecule has 1 atom stereocenters. The second kappa shape index (κ2) is 6.47. The van der Waals surface area contributed by atoms with Crippen LogP contribution in [0.2, 0.25) is 0 Å². The maximum atomic E-state index is 13.4. The molecule has 1 unspecified atom stereocenters. The number of carbonyl (C=O) groups is 1. The third-order valence-corrected chi connectivity index (χ3v) is 4.44. The lowest BCUT2D eigenvalue weighted by Crippen LogP contribution is -2.31. The van der Waals surface area contributed by atoms with Gasteiger partial charge in [-0.15, -0.1) is 0 Å². The first-order valence-electron chi connectivity index (χ1n) is 8.26. The van der Waals surface area contributed by atoms with E-state index in [9.17, 15) is 9.18 Å². The van der Waals surface area contributed by atoms with Gasteiger partial charge in [0.25, 0.3) is 5.91 Å². The van der Waals surface area contributed by atoms with Gasteiger partial charge in [0, 0.05) is 17.7 Å². The van der Waals surface area contributed by atoms with Crippen LogP contribution in [0.15, 0.2) is 54.6 Å². The van der Waals surface area contributed by atoms with E-state index in [0.717, 1.165) is 18.4 Å². The van der Waals surface area contributed by atoms with E-state index in [4.69, 9.17) is 0 Å². The average Bonchev–Trinajstić information content (AvgIpc) is 3.31. The van der Waals surface area contributed by atoms with E-state index in [-0.39, 0.29) is 11.9 Å². The molecule has 1 N–H and O–H groups in total. The molecule has 1 fully saturated rings. The third-order valence-electron chi connectivity index (χ3n) is 4.44. The van der Waals surface area contributed by atoms with Gasteiger partial charge in [-0.25, -0.2) is 9.37 Å². The number of hydrogen-bond acceptors (Lipinski definition) is 3. The molecule has 1 aliphatic rings. The number of H-pyrrole nitrogens is 1. The maximum absolute atomic E-state index is 13.4. The highest BCUT2D eigenvalue weighted by molar-refractivity contribution is 5.94. The zero-order chi connectivity index (χ0) is 17.2. The van der Waals surface area contributed by atoms with Crippen LogP contribution in [-0.4, -0.2) is 32.5 Å². The number of halogens is 1. The van der Waals surface area contributed by atoms with Crippen molar-refractivity contribution in [3.05, 3.63) is 71.8 Å². The van der Waals surface area contributed by atoms with Crippen molar-refractivity contribution in [1.82, 2.24) is 20.1 Å². The van der Waals surface area contributed by atoms with Crippen molar-refractivity contribution in [2.75, 3.05) is 6.54 Å². The molecular formula is C19H17FN4O. The Morgan fingerprint density at radius 3 is 2.80 bits per heavy atom.